The summed E-state index contributed by atoms with van der Waals surface area (Å²) in [6.07, 6.45) is 5.38. The summed E-state index contributed by atoms with van der Waals surface area (Å²) < 4.78 is 0. The Kier molecular flexibility index (Phi) is 6.56. The molecule has 1 aliphatic rings. The van der Waals surface area contributed by atoms with E-state index in [-0.39, 0.29) is 0 Å². The van der Waals surface area contributed by atoms with Crippen molar-refractivity contribution in [2.24, 2.45) is 5.92 Å². The Morgan fingerprint density at radius 3 is 2.76 bits per heavy atom. The molecule has 1 atom stereocenters. The van der Waals surface area contributed by atoms with E-state index in [9.17, 15) is 4.79 Å². The molecule has 0 aliphatic carbocycles. The number of carbonyl (C=O) groups excluding carboxylic acids is 1. The molecular weight excluding hydrogens is 212 g/mol. The van der Waals surface area contributed by atoms with Gasteiger partial charge in [0.25, 0.3) is 0 Å². The second-order valence-electron chi connectivity index (χ2n) is 5.43. The van der Waals surface area contributed by atoms with E-state index in [1.807, 2.05) is 4.90 Å². The summed E-state index contributed by atoms with van der Waals surface area (Å²) in [7, 11) is 0. The van der Waals surface area contributed by atoms with E-state index in [1.165, 1.54) is 12.8 Å². The molecule has 1 N–H and O–H groups in total. The van der Waals surface area contributed by atoms with Crippen LogP contribution >= 0.6 is 0 Å². The largest absolute Gasteiger partial charge is 0.340 e. The number of amides is 1. The van der Waals surface area contributed by atoms with Gasteiger partial charge in [0.05, 0.1) is 0 Å². The van der Waals surface area contributed by atoms with Crippen LogP contribution in [0.2, 0.25) is 0 Å². The van der Waals surface area contributed by atoms with E-state index in [0.29, 0.717) is 17.9 Å². The van der Waals surface area contributed by atoms with E-state index in [2.05, 4.69) is 26.1 Å². The first-order valence-electron chi connectivity index (χ1n) is 7.15. The molecular formula is C14H28N2O. The Balaban J connectivity index is 2.30. The summed E-state index contributed by atoms with van der Waals surface area (Å²) in [4.78, 5) is 14.1. The van der Waals surface area contributed by atoms with Crippen molar-refractivity contribution in [2.45, 2.75) is 58.9 Å². The summed E-state index contributed by atoms with van der Waals surface area (Å²) in [6, 6.07) is 0.340. The second kappa shape index (κ2) is 7.70. The van der Waals surface area contributed by atoms with Gasteiger partial charge >= 0.3 is 0 Å². The third-order valence-corrected chi connectivity index (χ3v) is 3.57. The van der Waals surface area contributed by atoms with Crippen molar-refractivity contribution in [3.8, 4) is 0 Å². The van der Waals surface area contributed by atoms with Crippen molar-refractivity contribution in [3.63, 3.8) is 0 Å². The predicted molar refractivity (Wildman–Crippen MR) is 72.0 cm³/mol. The van der Waals surface area contributed by atoms with Crippen molar-refractivity contribution in [2.75, 3.05) is 19.6 Å². The lowest BCUT2D eigenvalue weighted by atomic mass is 9.94. The smallest absolute Gasteiger partial charge is 0.222 e. The van der Waals surface area contributed by atoms with Gasteiger partial charge in [-0.2, -0.15) is 0 Å². The standard InChI is InChI=1S/C14H28N2O/c1-4-10-16(12(2)3)14(17)8-7-13-6-5-9-15-11-13/h12-13,15H,4-11H2,1-3H3. The van der Waals surface area contributed by atoms with Crippen LogP contribution in [0.4, 0.5) is 0 Å². The number of nitrogens with one attached hydrogen (secondary N) is 1. The lowest BCUT2D eigenvalue weighted by Gasteiger charge is -2.28. The normalized spacial score (nSPS) is 20.6. The van der Waals surface area contributed by atoms with Crippen molar-refractivity contribution in [1.82, 2.24) is 10.2 Å². The van der Waals surface area contributed by atoms with Gasteiger partial charge < -0.3 is 10.2 Å². The first kappa shape index (κ1) is 14.5. The van der Waals surface area contributed by atoms with Crippen LogP contribution in [-0.4, -0.2) is 36.5 Å². The minimum Gasteiger partial charge on any atom is -0.340 e. The zero-order chi connectivity index (χ0) is 12.7. The highest BCUT2D eigenvalue weighted by Gasteiger charge is 2.19. The van der Waals surface area contributed by atoms with E-state index >= 15 is 0 Å². The molecule has 0 aromatic heterocycles. The van der Waals surface area contributed by atoms with Crippen molar-refractivity contribution >= 4 is 5.91 Å². The second-order valence-corrected chi connectivity index (χ2v) is 5.43. The SMILES string of the molecule is CCCN(C(=O)CCC1CCCNC1)C(C)C. The summed E-state index contributed by atoms with van der Waals surface area (Å²) in [5.74, 6) is 1.05. The molecule has 17 heavy (non-hydrogen) atoms. The topological polar surface area (TPSA) is 32.3 Å². The maximum absolute atomic E-state index is 12.1. The maximum atomic E-state index is 12.1. The number of rotatable bonds is 6. The van der Waals surface area contributed by atoms with Gasteiger partial charge in [0, 0.05) is 19.0 Å². The van der Waals surface area contributed by atoms with Gasteiger partial charge in [0.15, 0.2) is 0 Å². The lowest BCUT2D eigenvalue weighted by molar-refractivity contribution is -0.133. The van der Waals surface area contributed by atoms with Crippen molar-refractivity contribution in [1.29, 1.82) is 0 Å². The predicted octanol–water partition coefficient (Wildman–Crippen LogP) is 2.41. The Morgan fingerprint density at radius 2 is 2.24 bits per heavy atom. The van der Waals surface area contributed by atoms with Gasteiger partial charge in [-0.25, -0.2) is 0 Å². The monoisotopic (exact) mass is 240 g/mol. The van der Waals surface area contributed by atoms with Gasteiger partial charge in [-0.3, -0.25) is 4.79 Å². The minimum absolute atomic E-state index is 0.340. The zero-order valence-electron chi connectivity index (χ0n) is 11.7. The zero-order valence-corrected chi connectivity index (χ0v) is 11.7. The maximum Gasteiger partial charge on any atom is 0.222 e. The molecule has 1 rings (SSSR count). The average molecular weight is 240 g/mol. The summed E-state index contributed by atoms with van der Waals surface area (Å²) >= 11 is 0. The molecule has 1 amide bonds. The Hall–Kier alpha value is -0.570. The third-order valence-electron chi connectivity index (χ3n) is 3.57. The Bertz CT molecular complexity index is 222. The number of carbonyl (C=O) groups is 1. The van der Waals surface area contributed by atoms with Crippen LogP contribution in [0, 0.1) is 5.92 Å². The van der Waals surface area contributed by atoms with E-state index in [1.54, 1.807) is 0 Å². The first-order chi connectivity index (χ1) is 8.15. The van der Waals surface area contributed by atoms with Crippen molar-refractivity contribution < 1.29 is 4.79 Å². The fourth-order valence-electron chi connectivity index (χ4n) is 2.55. The molecule has 1 fully saturated rings. The molecule has 0 aromatic rings. The molecule has 0 spiro atoms. The highest BCUT2D eigenvalue weighted by Crippen LogP contribution is 2.17. The van der Waals surface area contributed by atoms with Crippen LogP contribution in [0.3, 0.4) is 0 Å². The van der Waals surface area contributed by atoms with Crippen LogP contribution < -0.4 is 5.32 Å². The van der Waals surface area contributed by atoms with Crippen molar-refractivity contribution in [3.05, 3.63) is 0 Å². The molecule has 0 aromatic carbocycles. The van der Waals surface area contributed by atoms with Crippen LogP contribution in [0.1, 0.15) is 52.9 Å². The van der Waals surface area contributed by atoms with E-state index < -0.39 is 0 Å². The van der Waals surface area contributed by atoms with E-state index in [0.717, 1.165) is 38.9 Å². The molecule has 0 saturated carbocycles. The quantitative estimate of drug-likeness (QED) is 0.773. The first-order valence-corrected chi connectivity index (χ1v) is 7.15. The van der Waals surface area contributed by atoms with Crippen LogP contribution in [0.15, 0.2) is 0 Å². The molecule has 0 bridgehead atoms. The summed E-state index contributed by atoms with van der Waals surface area (Å²) in [5.41, 5.74) is 0. The molecule has 3 nitrogen and oxygen atoms in total. The summed E-state index contributed by atoms with van der Waals surface area (Å²) in [5, 5.41) is 3.41. The third kappa shape index (κ3) is 5.07. The van der Waals surface area contributed by atoms with Gasteiger partial charge in [0.2, 0.25) is 5.91 Å². The van der Waals surface area contributed by atoms with E-state index in [4.69, 9.17) is 0 Å². The molecule has 1 heterocycles. The fourth-order valence-corrected chi connectivity index (χ4v) is 2.55. The average Bonchev–Trinajstić information content (AvgIpc) is 2.34. The lowest BCUT2D eigenvalue weighted by Crippen LogP contribution is -2.38. The van der Waals surface area contributed by atoms with Gasteiger partial charge in [-0.1, -0.05) is 6.92 Å². The molecule has 0 radical (unpaired) electrons. The molecule has 1 saturated heterocycles. The van der Waals surface area contributed by atoms with Crippen LogP contribution in [0.25, 0.3) is 0 Å². The number of piperidine rings is 1. The Labute approximate surface area is 106 Å². The Morgan fingerprint density at radius 1 is 1.47 bits per heavy atom. The molecule has 1 aliphatic heterocycles. The van der Waals surface area contributed by atoms with Gasteiger partial charge in [-0.15, -0.1) is 0 Å². The van der Waals surface area contributed by atoms with Gasteiger partial charge in [-0.05, 0) is 58.5 Å². The molecule has 3 heteroatoms. The number of hydrogen-bond acceptors (Lipinski definition) is 2. The van der Waals surface area contributed by atoms with Crippen LogP contribution in [0.5, 0.6) is 0 Å². The molecule has 100 valence electrons. The summed E-state index contributed by atoms with van der Waals surface area (Å²) in [6.45, 7) is 9.50. The highest BCUT2D eigenvalue weighted by molar-refractivity contribution is 5.76. The number of nitrogens with zero attached hydrogens (tertiary/aromatic N) is 1. The fraction of sp³-hybridized carbons (Fsp3) is 0.929. The van der Waals surface area contributed by atoms with Gasteiger partial charge in [0.1, 0.15) is 0 Å². The number of hydrogen-bond donors (Lipinski definition) is 1. The van der Waals surface area contributed by atoms with Crippen LogP contribution in [-0.2, 0) is 4.79 Å². The molecule has 1 unspecified atom stereocenters. The minimum atomic E-state index is 0.340. The highest BCUT2D eigenvalue weighted by atomic mass is 16.2.